The molecule has 15 heavy (non-hydrogen) atoms. The van der Waals surface area contributed by atoms with E-state index in [0.29, 0.717) is 5.56 Å². The summed E-state index contributed by atoms with van der Waals surface area (Å²) in [6.45, 7) is -0.343. The van der Waals surface area contributed by atoms with Gasteiger partial charge in [0.1, 0.15) is 6.07 Å². The topological polar surface area (TPSA) is 78.2 Å². The molecular formula is C8H5BrClNO3S. The van der Waals surface area contributed by atoms with Crippen LogP contribution in [-0.4, -0.2) is 13.5 Å². The van der Waals surface area contributed by atoms with Crippen molar-refractivity contribution in [3.63, 3.8) is 0 Å². The number of halogens is 2. The molecule has 1 N–H and O–H groups in total. The zero-order chi connectivity index (χ0) is 11.6. The van der Waals surface area contributed by atoms with Gasteiger partial charge in [0, 0.05) is 10.7 Å². The molecule has 0 saturated carbocycles. The van der Waals surface area contributed by atoms with Gasteiger partial charge in [-0.2, -0.15) is 5.26 Å². The number of hydrogen-bond donors (Lipinski definition) is 1. The van der Waals surface area contributed by atoms with Gasteiger partial charge in [-0.05, 0) is 27.6 Å². The van der Waals surface area contributed by atoms with Crippen molar-refractivity contribution >= 4 is 35.7 Å². The summed E-state index contributed by atoms with van der Waals surface area (Å²) in [6, 6.07) is 4.38. The molecule has 0 heterocycles. The lowest BCUT2D eigenvalue weighted by Gasteiger charge is -2.05. The fourth-order valence-electron chi connectivity index (χ4n) is 1.04. The molecular weight excluding hydrogens is 306 g/mol. The average Bonchev–Trinajstić information content (AvgIpc) is 2.15. The van der Waals surface area contributed by atoms with Crippen LogP contribution in [0.4, 0.5) is 0 Å². The van der Waals surface area contributed by atoms with Crippen molar-refractivity contribution in [1.82, 2.24) is 0 Å². The van der Waals surface area contributed by atoms with E-state index in [1.807, 2.05) is 0 Å². The Morgan fingerprint density at radius 1 is 1.53 bits per heavy atom. The van der Waals surface area contributed by atoms with Gasteiger partial charge in [0.05, 0.1) is 21.5 Å². The van der Waals surface area contributed by atoms with E-state index in [4.69, 9.17) is 21.1 Å². The minimum Gasteiger partial charge on any atom is -0.392 e. The highest BCUT2D eigenvalue weighted by atomic mass is 79.9. The molecule has 1 aromatic carbocycles. The summed E-state index contributed by atoms with van der Waals surface area (Å²) in [5, 5.41) is 17.7. The van der Waals surface area contributed by atoms with Crippen LogP contribution in [0.25, 0.3) is 0 Å². The van der Waals surface area contributed by atoms with Gasteiger partial charge in [-0.25, -0.2) is 8.42 Å². The van der Waals surface area contributed by atoms with E-state index in [0.717, 1.165) is 0 Å². The molecule has 0 amide bonds. The molecule has 0 aromatic heterocycles. The standard InChI is InChI=1S/C8H5BrClNO3S/c9-8-6(3-11)5(4-12)1-2-7(8)15(10,13)14/h1-2,12H,4H2. The Kier molecular flexibility index (Phi) is 3.73. The Morgan fingerprint density at radius 3 is 2.53 bits per heavy atom. The van der Waals surface area contributed by atoms with Crippen molar-refractivity contribution in [3.05, 3.63) is 27.7 Å². The first-order valence-corrected chi connectivity index (χ1v) is 6.79. The fraction of sp³-hybridized carbons (Fsp3) is 0.125. The maximum Gasteiger partial charge on any atom is 0.262 e. The Bertz CT molecular complexity index is 536. The monoisotopic (exact) mass is 309 g/mol. The predicted molar refractivity (Wildman–Crippen MR) is 57.8 cm³/mol. The van der Waals surface area contributed by atoms with Crippen LogP contribution in [0.3, 0.4) is 0 Å². The summed E-state index contributed by atoms with van der Waals surface area (Å²) in [4.78, 5) is -0.182. The molecule has 80 valence electrons. The maximum atomic E-state index is 11.1. The summed E-state index contributed by atoms with van der Waals surface area (Å²) in [5.74, 6) is 0. The number of rotatable bonds is 2. The van der Waals surface area contributed by atoms with Crippen LogP contribution in [-0.2, 0) is 15.7 Å². The van der Waals surface area contributed by atoms with Gasteiger partial charge in [0.25, 0.3) is 9.05 Å². The van der Waals surface area contributed by atoms with E-state index < -0.39 is 9.05 Å². The molecule has 1 rings (SSSR count). The van der Waals surface area contributed by atoms with Gasteiger partial charge in [-0.3, -0.25) is 0 Å². The highest BCUT2D eigenvalue weighted by Gasteiger charge is 2.19. The third-order valence-corrected chi connectivity index (χ3v) is 4.19. The summed E-state index contributed by atoms with van der Waals surface area (Å²) in [7, 11) is 1.26. The number of hydrogen-bond acceptors (Lipinski definition) is 4. The number of benzene rings is 1. The largest absolute Gasteiger partial charge is 0.392 e. The third-order valence-electron chi connectivity index (χ3n) is 1.74. The summed E-state index contributed by atoms with van der Waals surface area (Å²) in [5.41, 5.74) is 0.410. The smallest absolute Gasteiger partial charge is 0.262 e. The van der Waals surface area contributed by atoms with Gasteiger partial charge in [0.2, 0.25) is 0 Å². The third kappa shape index (κ3) is 2.49. The van der Waals surface area contributed by atoms with Crippen molar-refractivity contribution in [2.24, 2.45) is 0 Å². The first kappa shape index (κ1) is 12.5. The van der Waals surface area contributed by atoms with E-state index in [1.54, 1.807) is 6.07 Å². The van der Waals surface area contributed by atoms with E-state index in [9.17, 15) is 8.42 Å². The molecule has 0 radical (unpaired) electrons. The minimum atomic E-state index is -3.90. The molecule has 0 atom stereocenters. The highest BCUT2D eigenvalue weighted by molar-refractivity contribution is 9.10. The van der Waals surface area contributed by atoms with Crippen molar-refractivity contribution in [1.29, 1.82) is 5.26 Å². The first-order chi connectivity index (χ1) is 6.91. The second-order valence-electron chi connectivity index (χ2n) is 2.62. The lowest BCUT2D eigenvalue weighted by Crippen LogP contribution is -1.98. The fourth-order valence-corrected chi connectivity index (χ4v) is 3.36. The normalized spacial score (nSPS) is 11.1. The quantitative estimate of drug-likeness (QED) is 0.844. The Morgan fingerprint density at radius 2 is 2.13 bits per heavy atom. The highest BCUT2D eigenvalue weighted by Crippen LogP contribution is 2.30. The van der Waals surface area contributed by atoms with Crippen LogP contribution in [0.1, 0.15) is 11.1 Å². The van der Waals surface area contributed by atoms with Crippen molar-refractivity contribution in [3.8, 4) is 6.07 Å². The van der Waals surface area contributed by atoms with Crippen LogP contribution in [0, 0.1) is 11.3 Å². The molecule has 0 aliphatic carbocycles. The van der Waals surface area contributed by atoms with Crippen LogP contribution in [0.5, 0.6) is 0 Å². The Hall–Kier alpha value is -0.610. The second kappa shape index (κ2) is 4.49. The van der Waals surface area contributed by atoms with E-state index >= 15 is 0 Å². The number of aliphatic hydroxyl groups excluding tert-OH is 1. The molecule has 7 heteroatoms. The predicted octanol–water partition coefficient (Wildman–Crippen LogP) is 1.74. The molecule has 0 aliphatic heterocycles. The van der Waals surface area contributed by atoms with Gasteiger partial charge >= 0.3 is 0 Å². The van der Waals surface area contributed by atoms with Crippen molar-refractivity contribution < 1.29 is 13.5 Å². The summed E-state index contributed by atoms with van der Waals surface area (Å²) >= 11 is 2.97. The van der Waals surface area contributed by atoms with E-state index in [-0.39, 0.29) is 21.5 Å². The molecule has 1 aromatic rings. The zero-order valence-electron chi connectivity index (χ0n) is 7.24. The molecule has 0 unspecified atom stereocenters. The summed E-state index contributed by atoms with van der Waals surface area (Å²) in [6.07, 6.45) is 0. The van der Waals surface area contributed by atoms with Crippen LogP contribution >= 0.6 is 26.6 Å². The molecule has 0 aliphatic rings. The molecule has 0 fully saturated rings. The minimum absolute atomic E-state index is 0.0687. The van der Waals surface area contributed by atoms with Gasteiger partial charge in [-0.1, -0.05) is 6.07 Å². The van der Waals surface area contributed by atoms with Crippen LogP contribution in [0.15, 0.2) is 21.5 Å². The average molecular weight is 311 g/mol. The number of nitrogens with zero attached hydrogens (tertiary/aromatic N) is 1. The van der Waals surface area contributed by atoms with Crippen molar-refractivity contribution in [2.75, 3.05) is 0 Å². The van der Waals surface area contributed by atoms with Crippen LogP contribution < -0.4 is 0 Å². The van der Waals surface area contributed by atoms with Gasteiger partial charge in [-0.15, -0.1) is 0 Å². The molecule has 0 saturated heterocycles. The number of nitriles is 1. The lowest BCUT2D eigenvalue weighted by atomic mass is 10.1. The summed E-state index contributed by atoms with van der Waals surface area (Å²) < 4.78 is 22.2. The van der Waals surface area contributed by atoms with Gasteiger partial charge < -0.3 is 5.11 Å². The zero-order valence-corrected chi connectivity index (χ0v) is 10.4. The maximum absolute atomic E-state index is 11.1. The van der Waals surface area contributed by atoms with Crippen molar-refractivity contribution in [2.45, 2.75) is 11.5 Å². The molecule has 0 spiro atoms. The van der Waals surface area contributed by atoms with Gasteiger partial charge in [0.15, 0.2) is 0 Å². The molecule has 4 nitrogen and oxygen atoms in total. The first-order valence-electron chi connectivity index (χ1n) is 3.68. The van der Waals surface area contributed by atoms with E-state index in [2.05, 4.69) is 15.9 Å². The number of aliphatic hydroxyl groups is 1. The lowest BCUT2D eigenvalue weighted by molar-refractivity contribution is 0.281. The van der Waals surface area contributed by atoms with Crippen LogP contribution in [0.2, 0.25) is 0 Å². The Balaban J connectivity index is 3.59. The second-order valence-corrected chi connectivity index (χ2v) is 5.95. The molecule has 0 bridgehead atoms. The Labute approximate surface area is 99.6 Å². The van der Waals surface area contributed by atoms with E-state index in [1.165, 1.54) is 12.1 Å². The SMILES string of the molecule is N#Cc1c(CO)ccc(S(=O)(=O)Cl)c1Br.